The third-order valence-corrected chi connectivity index (χ3v) is 4.05. The summed E-state index contributed by atoms with van der Waals surface area (Å²) >= 11 is 5.78. The maximum absolute atomic E-state index is 11.9. The van der Waals surface area contributed by atoms with Crippen molar-refractivity contribution < 1.29 is 9.53 Å². The zero-order valence-electron chi connectivity index (χ0n) is 13.6. The predicted octanol–water partition coefficient (Wildman–Crippen LogP) is 3.88. The topological polar surface area (TPSA) is 38.3 Å². The van der Waals surface area contributed by atoms with E-state index in [4.69, 9.17) is 16.3 Å². The van der Waals surface area contributed by atoms with E-state index >= 15 is 0 Å². The van der Waals surface area contributed by atoms with Gasteiger partial charge in [-0.15, -0.1) is 11.6 Å². The number of hydrogen-bond donors (Lipinski definition) is 1. The van der Waals surface area contributed by atoms with Gasteiger partial charge in [0, 0.05) is 5.88 Å². The van der Waals surface area contributed by atoms with Crippen LogP contribution in [0.3, 0.4) is 0 Å². The maximum Gasteiger partial charge on any atom is 0.226 e. The Balaban J connectivity index is 2.53. The van der Waals surface area contributed by atoms with Crippen LogP contribution in [-0.4, -0.2) is 24.9 Å². The number of amides is 1. The molecular formula is C17H26ClNO2. The van der Waals surface area contributed by atoms with Crippen molar-refractivity contribution in [3.63, 3.8) is 0 Å². The number of hydrogen-bond acceptors (Lipinski definition) is 2. The molecule has 4 heteroatoms. The highest BCUT2D eigenvalue weighted by Gasteiger charge is 2.25. The number of halogens is 1. The van der Waals surface area contributed by atoms with Gasteiger partial charge in [0.15, 0.2) is 0 Å². The first kappa shape index (κ1) is 17.8. The highest BCUT2D eigenvalue weighted by molar-refractivity contribution is 6.19. The summed E-state index contributed by atoms with van der Waals surface area (Å²) in [4.78, 5) is 11.9. The first-order valence-corrected chi connectivity index (χ1v) is 7.89. The van der Waals surface area contributed by atoms with Crippen molar-refractivity contribution in [1.29, 1.82) is 0 Å². The van der Waals surface area contributed by atoms with Gasteiger partial charge in [0.25, 0.3) is 0 Å². The zero-order chi connectivity index (χ0) is 16.0. The molecule has 0 aliphatic carbocycles. The van der Waals surface area contributed by atoms with E-state index in [-0.39, 0.29) is 5.91 Å². The third-order valence-electron chi connectivity index (χ3n) is 3.39. The van der Waals surface area contributed by atoms with Crippen LogP contribution in [0.5, 0.6) is 5.75 Å². The third kappa shape index (κ3) is 5.24. The van der Waals surface area contributed by atoms with Crippen molar-refractivity contribution in [2.24, 2.45) is 5.41 Å². The molecule has 0 aliphatic heterocycles. The van der Waals surface area contributed by atoms with Gasteiger partial charge in [0.05, 0.1) is 12.0 Å². The molecular weight excluding hydrogens is 286 g/mol. The van der Waals surface area contributed by atoms with Gasteiger partial charge in [-0.05, 0) is 43.9 Å². The van der Waals surface area contributed by atoms with Gasteiger partial charge in [-0.1, -0.05) is 26.0 Å². The number of nitrogens with one attached hydrogen (secondary N) is 1. The molecule has 21 heavy (non-hydrogen) atoms. The second kappa shape index (κ2) is 7.69. The summed E-state index contributed by atoms with van der Waals surface area (Å²) in [7, 11) is 0. The molecule has 1 rings (SSSR count). The van der Waals surface area contributed by atoms with Crippen molar-refractivity contribution in [2.75, 3.05) is 19.0 Å². The number of carbonyl (C=O) groups excluding carboxylic acids is 1. The van der Waals surface area contributed by atoms with E-state index in [0.29, 0.717) is 24.9 Å². The van der Waals surface area contributed by atoms with E-state index in [1.807, 2.05) is 26.8 Å². The average molecular weight is 312 g/mol. The van der Waals surface area contributed by atoms with Crippen LogP contribution in [0.1, 0.15) is 44.7 Å². The van der Waals surface area contributed by atoms with Gasteiger partial charge >= 0.3 is 0 Å². The van der Waals surface area contributed by atoms with E-state index in [2.05, 4.69) is 31.3 Å². The minimum Gasteiger partial charge on any atom is -0.491 e. The lowest BCUT2D eigenvalue weighted by molar-refractivity contribution is -0.128. The minimum atomic E-state index is -0.548. The van der Waals surface area contributed by atoms with E-state index < -0.39 is 5.41 Å². The van der Waals surface area contributed by atoms with Crippen LogP contribution >= 0.6 is 11.6 Å². The molecule has 0 saturated carbocycles. The van der Waals surface area contributed by atoms with E-state index in [1.165, 1.54) is 11.1 Å². The lowest BCUT2D eigenvalue weighted by Gasteiger charge is -2.20. The second-order valence-corrected chi connectivity index (χ2v) is 6.59. The molecule has 1 aromatic carbocycles. The lowest BCUT2D eigenvalue weighted by atomic mass is 9.95. The number of benzene rings is 1. The van der Waals surface area contributed by atoms with Crippen LogP contribution < -0.4 is 10.1 Å². The van der Waals surface area contributed by atoms with Crippen molar-refractivity contribution in [3.05, 3.63) is 29.3 Å². The lowest BCUT2D eigenvalue weighted by Crippen LogP contribution is -2.39. The van der Waals surface area contributed by atoms with Gasteiger partial charge in [0.2, 0.25) is 5.91 Å². The molecule has 0 aromatic heterocycles. The Morgan fingerprint density at radius 3 is 2.62 bits per heavy atom. The molecule has 0 unspecified atom stereocenters. The molecule has 1 amide bonds. The minimum absolute atomic E-state index is 0.0468. The van der Waals surface area contributed by atoms with E-state index in [0.717, 1.165) is 5.75 Å². The SMILES string of the molecule is Cc1ccc(C(C)C)c(OCCNC(=O)C(C)(C)CCl)c1. The van der Waals surface area contributed by atoms with Crippen LogP contribution in [-0.2, 0) is 4.79 Å². The number of ether oxygens (including phenoxy) is 1. The molecule has 0 heterocycles. The molecule has 0 saturated heterocycles. The van der Waals surface area contributed by atoms with Crippen LogP contribution in [0, 0.1) is 12.3 Å². The maximum atomic E-state index is 11.9. The Morgan fingerprint density at radius 1 is 1.38 bits per heavy atom. The van der Waals surface area contributed by atoms with Gasteiger partial charge in [-0.2, -0.15) is 0 Å². The summed E-state index contributed by atoms with van der Waals surface area (Å²) < 4.78 is 5.83. The average Bonchev–Trinajstić information content (AvgIpc) is 2.42. The van der Waals surface area contributed by atoms with Gasteiger partial charge in [-0.25, -0.2) is 0 Å². The van der Waals surface area contributed by atoms with Crippen molar-refractivity contribution in [1.82, 2.24) is 5.32 Å². The van der Waals surface area contributed by atoms with Crippen molar-refractivity contribution in [3.8, 4) is 5.75 Å². The van der Waals surface area contributed by atoms with Crippen LogP contribution in [0.15, 0.2) is 18.2 Å². The number of aryl methyl sites for hydroxylation is 1. The normalized spacial score (nSPS) is 11.6. The van der Waals surface area contributed by atoms with Crippen LogP contribution in [0.4, 0.5) is 0 Å². The number of carbonyl (C=O) groups is 1. The van der Waals surface area contributed by atoms with E-state index in [1.54, 1.807) is 0 Å². The molecule has 0 spiro atoms. The van der Waals surface area contributed by atoms with E-state index in [9.17, 15) is 4.79 Å². The predicted molar refractivity (Wildman–Crippen MR) is 88.3 cm³/mol. The van der Waals surface area contributed by atoms with Gasteiger partial charge < -0.3 is 10.1 Å². The Hall–Kier alpha value is -1.22. The molecule has 0 radical (unpaired) electrons. The summed E-state index contributed by atoms with van der Waals surface area (Å²) in [5, 5.41) is 2.86. The molecule has 1 N–H and O–H groups in total. The Labute approximate surface area is 133 Å². The summed E-state index contributed by atoms with van der Waals surface area (Å²) in [6.45, 7) is 10.9. The largest absolute Gasteiger partial charge is 0.491 e. The summed E-state index contributed by atoms with van der Waals surface area (Å²) in [6.07, 6.45) is 0. The smallest absolute Gasteiger partial charge is 0.226 e. The van der Waals surface area contributed by atoms with Gasteiger partial charge in [0.1, 0.15) is 12.4 Å². The summed E-state index contributed by atoms with van der Waals surface area (Å²) in [5.41, 5.74) is 1.81. The molecule has 0 aliphatic rings. The fraction of sp³-hybridized carbons (Fsp3) is 0.588. The Bertz CT molecular complexity index is 484. The van der Waals surface area contributed by atoms with Gasteiger partial charge in [-0.3, -0.25) is 4.79 Å². The zero-order valence-corrected chi connectivity index (χ0v) is 14.4. The first-order valence-electron chi connectivity index (χ1n) is 7.35. The van der Waals surface area contributed by atoms with Crippen LogP contribution in [0.25, 0.3) is 0 Å². The molecule has 1 aromatic rings. The summed E-state index contributed by atoms with van der Waals surface area (Å²) in [6, 6.07) is 6.23. The Kier molecular flexibility index (Phi) is 6.53. The first-order chi connectivity index (χ1) is 9.77. The standard InChI is InChI=1S/C17H26ClNO2/c1-12(2)14-7-6-13(3)10-15(14)21-9-8-19-16(20)17(4,5)11-18/h6-7,10,12H,8-9,11H2,1-5H3,(H,19,20). The second-order valence-electron chi connectivity index (χ2n) is 6.32. The fourth-order valence-corrected chi connectivity index (χ4v) is 1.99. The molecule has 0 bridgehead atoms. The molecule has 0 atom stereocenters. The molecule has 0 fully saturated rings. The van der Waals surface area contributed by atoms with Crippen LogP contribution in [0.2, 0.25) is 0 Å². The molecule has 3 nitrogen and oxygen atoms in total. The monoisotopic (exact) mass is 311 g/mol. The summed E-state index contributed by atoms with van der Waals surface area (Å²) in [5.74, 6) is 1.56. The number of rotatable bonds is 7. The molecule has 118 valence electrons. The van der Waals surface area contributed by atoms with Crippen molar-refractivity contribution in [2.45, 2.75) is 40.5 Å². The fourth-order valence-electron chi connectivity index (χ4n) is 1.87. The quantitative estimate of drug-likeness (QED) is 0.613. The highest BCUT2D eigenvalue weighted by atomic mass is 35.5. The number of alkyl halides is 1. The highest BCUT2D eigenvalue weighted by Crippen LogP contribution is 2.27. The Morgan fingerprint density at radius 2 is 2.05 bits per heavy atom. The van der Waals surface area contributed by atoms with Crippen molar-refractivity contribution >= 4 is 17.5 Å².